The monoisotopic (exact) mass is 344 g/mol. The van der Waals surface area contributed by atoms with Crippen LogP contribution in [0.15, 0.2) is 22.7 Å². The number of hydrogen-bond donors (Lipinski definition) is 2. The van der Waals surface area contributed by atoms with Crippen molar-refractivity contribution < 1.29 is 0 Å². The summed E-state index contributed by atoms with van der Waals surface area (Å²) < 4.78 is 0.934. The average molecular weight is 346 g/mol. The first-order chi connectivity index (χ1) is 9.02. The van der Waals surface area contributed by atoms with Crippen LogP contribution < -0.4 is 11.3 Å². The molecule has 3 N–H and O–H groups in total. The lowest BCUT2D eigenvalue weighted by atomic mass is 9.72. The third kappa shape index (κ3) is 3.52. The molecule has 1 saturated carbocycles. The molecule has 0 heterocycles. The van der Waals surface area contributed by atoms with Crippen molar-refractivity contribution in [2.45, 2.75) is 39.2 Å². The predicted molar refractivity (Wildman–Crippen MR) is 84.9 cm³/mol. The zero-order chi connectivity index (χ0) is 14.0. The molecule has 0 amide bonds. The van der Waals surface area contributed by atoms with Gasteiger partial charge in [0.25, 0.3) is 0 Å². The second kappa shape index (κ2) is 6.57. The van der Waals surface area contributed by atoms with E-state index < -0.39 is 0 Å². The maximum absolute atomic E-state index is 6.06. The van der Waals surface area contributed by atoms with Gasteiger partial charge >= 0.3 is 0 Å². The standard InChI is InChI=1S/C15H22BrClN2/c1-9-3-4-11(7-10(9)2)15(19-18)12-5-6-14(17)13(16)8-12/h5-6,8-11,15,19H,3-4,7,18H2,1-2H3. The summed E-state index contributed by atoms with van der Waals surface area (Å²) in [5.74, 6) is 8.00. The maximum atomic E-state index is 6.06. The van der Waals surface area contributed by atoms with Crippen LogP contribution in [-0.2, 0) is 0 Å². The number of nitrogens with two attached hydrogens (primary N) is 1. The van der Waals surface area contributed by atoms with Gasteiger partial charge in [0, 0.05) is 10.5 Å². The van der Waals surface area contributed by atoms with E-state index in [1.807, 2.05) is 6.07 Å². The Morgan fingerprint density at radius 3 is 2.63 bits per heavy atom. The first-order valence-corrected chi connectivity index (χ1v) is 8.11. The van der Waals surface area contributed by atoms with E-state index in [0.29, 0.717) is 5.92 Å². The van der Waals surface area contributed by atoms with Crippen LogP contribution in [0.3, 0.4) is 0 Å². The molecule has 1 aliphatic rings. The number of halogens is 2. The molecule has 0 spiro atoms. The normalized spacial score (nSPS) is 29.2. The number of hydrazine groups is 1. The molecule has 0 aromatic heterocycles. The van der Waals surface area contributed by atoms with E-state index in [4.69, 9.17) is 17.4 Å². The minimum Gasteiger partial charge on any atom is -0.271 e. The zero-order valence-corrected chi connectivity index (χ0v) is 13.8. The van der Waals surface area contributed by atoms with Gasteiger partial charge in [-0.3, -0.25) is 11.3 Å². The van der Waals surface area contributed by atoms with Crippen LogP contribution in [0.25, 0.3) is 0 Å². The Balaban J connectivity index is 2.17. The summed E-state index contributed by atoms with van der Waals surface area (Å²) in [6.07, 6.45) is 3.76. The van der Waals surface area contributed by atoms with E-state index in [1.165, 1.54) is 24.8 Å². The molecule has 1 aromatic rings. The second-order valence-corrected chi connectivity index (χ2v) is 7.11. The first kappa shape index (κ1) is 15.3. The van der Waals surface area contributed by atoms with Crippen molar-refractivity contribution in [3.05, 3.63) is 33.3 Å². The number of rotatable bonds is 3. The van der Waals surface area contributed by atoms with E-state index in [-0.39, 0.29) is 6.04 Å². The molecule has 2 rings (SSSR count). The van der Waals surface area contributed by atoms with Crippen molar-refractivity contribution in [2.24, 2.45) is 23.6 Å². The van der Waals surface area contributed by atoms with E-state index in [1.54, 1.807) is 0 Å². The van der Waals surface area contributed by atoms with Crippen molar-refractivity contribution in [1.82, 2.24) is 5.43 Å². The Bertz CT molecular complexity index is 438. The molecule has 4 atom stereocenters. The quantitative estimate of drug-likeness (QED) is 0.616. The Morgan fingerprint density at radius 1 is 1.32 bits per heavy atom. The van der Waals surface area contributed by atoms with Crippen LogP contribution >= 0.6 is 27.5 Å². The molecule has 1 aromatic carbocycles. The fraction of sp³-hybridized carbons (Fsp3) is 0.600. The van der Waals surface area contributed by atoms with Crippen LogP contribution in [-0.4, -0.2) is 0 Å². The minimum atomic E-state index is 0.212. The highest BCUT2D eigenvalue weighted by Gasteiger charge is 2.30. The Morgan fingerprint density at radius 2 is 2.05 bits per heavy atom. The van der Waals surface area contributed by atoms with E-state index in [2.05, 4.69) is 47.3 Å². The van der Waals surface area contributed by atoms with Crippen molar-refractivity contribution in [1.29, 1.82) is 0 Å². The molecule has 0 aliphatic heterocycles. The third-order valence-corrected chi connectivity index (χ3v) is 5.81. The summed E-state index contributed by atoms with van der Waals surface area (Å²) in [6, 6.07) is 6.29. The van der Waals surface area contributed by atoms with Gasteiger partial charge in [0.15, 0.2) is 0 Å². The predicted octanol–water partition coefficient (Wildman–Crippen LogP) is 4.68. The molecular formula is C15H22BrClN2. The first-order valence-electron chi connectivity index (χ1n) is 6.94. The van der Waals surface area contributed by atoms with Gasteiger partial charge in [-0.05, 0) is 64.2 Å². The van der Waals surface area contributed by atoms with Gasteiger partial charge in [-0.2, -0.15) is 0 Å². The Kier molecular flexibility index (Phi) is 5.29. The fourth-order valence-electron chi connectivity index (χ4n) is 3.10. The Hall–Kier alpha value is -0.0900. The van der Waals surface area contributed by atoms with Crippen molar-refractivity contribution in [3.8, 4) is 0 Å². The van der Waals surface area contributed by atoms with Gasteiger partial charge in [0.05, 0.1) is 5.02 Å². The summed E-state index contributed by atoms with van der Waals surface area (Å²) >= 11 is 9.55. The van der Waals surface area contributed by atoms with Gasteiger partial charge in [-0.15, -0.1) is 0 Å². The number of benzene rings is 1. The highest BCUT2D eigenvalue weighted by Crippen LogP contribution is 2.40. The van der Waals surface area contributed by atoms with Crippen molar-refractivity contribution >= 4 is 27.5 Å². The van der Waals surface area contributed by atoms with Gasteiger partial charge in [0.2, 0.25) is 0 Å². The minimum absolute atomic E-state index is 0.212. The molecule has 1 aliphatic carbocycles. The largest absolute Gasteiger partial charge is 0.271 e. The molecule has 0 saturated heterocycles. The second-order valence-electron chi connectivity index (χ2n) is 5.85. The van der Waals surface area contributed by atoms with Crippen LogP contribution in [0.2, 0.25) is 5.02 Å². The zero-order valence-electron chi connectivity index (χ0n) is 11.5. The topological polar surface area (TPSA) is 38.0 Å². The molecule has 0 radical (unpaired) electrons. The SMILES string of the molecule is CC1CCC(C(NN)c2ccc(Cl)c(Br)c2)CC1C. The molecule has 4 unspecified atom stereocenters. The summed E-state index contributed by atoms with van der Waals surface area (Å²) in [5, 5.41) is 0.741. The summed E-state index contributed by atoms with van der Waals surface area (Å²) in [5.41, 5.74) is 4.22. The number of hydrogen-bond acceptors (Lipinski definition) is 2. The van der Waals surface area contributed by atoms with Gasteiger partial charge in [0.1, 0.15) is 0 Å². The lowest BCUT2D eigenvalue weighted by molar-refractivity contribution is 0.171. The maximum Gasteiger partial charge on any atom is 0.0548 e. The van der Waals surface area contributed by atoms with E-state index in [9.17, 15) is 0 Å². The molecular weight excluding hydrogens is 324 g/mol. The molecule has 1 fully saturated rings. The van der Waals surface area contributed by atoms with Crippen LogP contribution in [0.1, 0.15) is 44.7 Å². The van der Waals surface area contributed by atoms with Gasteiger partial charge < -0.3 is 0 Å². The van der Waals surface area contributed by atoms with Crippen molar-refractivity contribution in [3.63, 3.8) is 0 Å². The highest BCUT2D eigenvalue weighted by atomic mass is 79.9. The summed E-state index contributed by atoms with van der Waals surface area (Å²) in [4.78, 5) is 0. The lowest BCUT2D eigenvalue weighted by Crippen LogP contribution is -2.36. The summed E-state index contributed by atoms with van der Waals surface area (Å²) in [7, 11) is 0. The van der Waals surface area contributed by atoms with Crippen LogP contribution in [0, 0.1) is 17.8 Å². The van der Waals surface area contributed by atoms with Gasteiger partial charge in [-0.25, -0.2) is 0 Å². The third-order valence-electron chi connectivity index (χ3n) is 4.59. The van der Waals surface area contributed by atoms with E-state index >= 15 is 0 Å². The fourth-order valence-corrected chi connectivity index (χ4v) is 3.62. The highest BCUT2D eigenvalue weighted by molar-refractivity contribution is 9.10. The van der Waals surface area contributed by atoms with Crippen molar-refractivity contribution in [2.75, 3.05) is 0 Å². The van der Waals surface area contributed by atoms with Crippen LogP contribution in [0.5, 0.6) is 0 Å². The van der Waals surface area contributed by atoms with E-state index in [0.717, 1.165) is 21.3 Å². The molecule has 19 heavy (non-hydrogen) atoms. The summed E-state index contributed by atoms with van der Waals surface area (Å²) in [6.45, 7) is 4.70. The molecule has 106 valence electrons. The molecule has 4 heteroatoms. The molecule has 2 nitrogen and oxygen atoms in total. The lowest BCUT2D eigenvalue weighted by Gasteiger charge is -2.36. The number of nitrogens with one attached hydrogen (secondary N) is 1. The Labute approximate surface area is 129 Å². The smallest absolute Gasteiger partial charge is 0.0548 e. The average Bonchev–Trinajstić information content (AvgIpc) is 2.39. The van der Waals surface area contributed by atoms with Crippen LogP contribution in [0.4, 0.5) is 0 Å². The molecule has 0 bridgehead atoms. The van der Waals surface area contributed by atoms with Gasteiger partial charge in [-0.1, -0.05) is 37.9 Å².